The van der Waals surface area contributed by atoms with Gasteiger partial charge in [-0.05, 0) is 44.4 Å². The first-order valence-corrected chi connectivity index (χ1v) is 8.57. The Morgan fingerprint density at radius 1 is 1.32 bits per heavy atom. The van der Waals surface area contributed by atoms with Crippen LogP contribution in [0.25, 0.3) is 0 Å². The van der Waals surface area contributed by atoms with Gasteiger partial charge in [-0.25, -0.2) is 0 Å². The van der Waals surface area contributed by atoms with Crippen LogP contribution in [0.3, 0.4) is 0 Å². The molecule has 0 aliphatic heterocycles. The van der Waals surface area contributed by atoms with Crippen LogP contribution >= 0.6 is 0 Å². The van der Waals surface area contributed by atoms with Gasteiger partial charge in [0.2, 0.25) is 5.91 Å². The summed E-state index contributed by atoms with van der Waals surface area (Å²) in [5.74, 6) is 0.995. The Labute approximate surface area is 135 Å². The van der Waals surface area contributed by atoms with Crippen LogP contribution in [0.1, 0.15) is 66.2 Å². The van der Waals surface area contributed by atoms with Crippen molar-refractivity contribution < 1.29 is 4.79 Å². The van der Waals surface area contributed by atoms with E-state index in [1.807, 2.05) is 0 Å². The minimum absolute atomic E-state index is 0.172. The Balaban J connectivity index is 2.11. The number of carbonyl (C=O) groups is 1. The standard InChI is InChI=1S/C17H34N4O/c1-13(10-11-17(2,3)4)20-16(18-5)19-12-6-7-15(22)21-14-8-9-14/h13-14H,6-12H2,1-5H3,(H,21,22)(H2,18,19,20). The molecule has 1 unspecified atom stereocenters. The molecule has 3 N–H and O–H groups in total. The molecule has 0 saturated heterocycles. The van der Waals surface area contributed by atoms with E-state index in [4.69, 9.17) is 0 Å². The van der Waals surface area contributed by atoms with Gasteiger partial charge in [-0.3, -0.25) is 9.79 Å². The van der Waals surface area contributed by atoms with Crippen molar-refractivity contribution in [1.29, 1.82) is 0 Å². The summed E-state index contributed by atoms with van der Waals surface area (Å²) in [6.07, 6.45) is 6.00. The van der Waals surface area contributed by atoms with E-state index in [1.165, 1.54) is 6.42 Å². The zero-order chi connectivity index (χ0) is 16.6. The third-order valence-electron chi connectivity index (χ3n) is 3.75. The van der Waals surface area contributed by atoms with Crippen molar-refractivity contribution in [2.24, 2.45) is 10.4 Å². The van der Waals surface area contributed by atoms with Gasteiger partial charge in [0.25, 0.3) is 0 Å². The molecule has 0 aromatic heterocycles. The van der Waals surface area contributed by atoms with E-state index in [-0.39, 0.29) is 5.91 Å². The van der Waals surface area contributed by atoms with E-state index in [9.17, 15) is 4.79 Å². The van der Waals surface area contributed by atoms with E-state index < -0.39 is 0 Å². The number of amides is 1. The van der Waals surface area contributed by atoms with Gasteiger partial charge in [-0.2, -0.15) is 0 Å². The lowest BCUT2D eigenvalue weighted by atomic mass is 9.89. The smallest absolute Gasteiger partial charge is 0.220 e. The fourth-order valence-electron chi connectivity index (χ4n) is 2.13. The Morgan fingerprint density at radius 2 is 2.00 bits per heavy atom. The van der Waals surface area contributed by atoms with Gasteiger partial charge >= 0.3 is 0 Å². The normalized spacial score (nSPS) is 17.0. The number of nitrogens with one attached hydrogen (secondary N) is 3. The molecule has 1 amide bonds. The summed E-state index contributed by atoms with van der Waals surface area (Å²) in [7, 11) is 1.78. The number of aliphatic imine (C=N–C) groups is 1. The average Bonchev–Trinajstić information content (AvgIpc) is 3.23. The highest BCUT2D eigenvalue weighted by Crippen LogP contribution is 2.21. The van der Waals surface area contributed by atoms with Crippen LogP contribution in [-0.2, 0) is 4.79 Å². The fourth-order valence-corrected chi connectivity index (χ4v) is 2.13. The quantitative estimate of drug-likeness (QED) is 0.366. The molecule has 128 valence electrons. The molecule has 1 aliphatic carbocycles. The Hall–Kier alpha value is -1.26. The minimum atomic E-state index is 0.172. The second-order valence-electron chi connectivity index (χ2n) is 7.59. The summed E-state index contributed by atoms with van der Waals surface area (Å²) in [6, 6.07) is 0.849. The monoisotopic (exact) mass is 310 g/mol. The first-order chi connectivity index (χ1) is 10.3. The van der Waals surface area contributed by atoms with Crippen molar-refractivity contribution in [3.05, 3.63) is 0 Å². The molecule has 22 heavy (non-hydrogen) atoms. The lowest BCUT2D eigenvalue weighted by Crippen LogP contribution is -2.43. The second-order valence-corrected chi connectivity index (χ2v) is 7.59. The fraction of sp³-hybridized carbons (Fsp3) is 0.882. The predicted molar refractivity (Wildman–Crippen MR) is 93.0 cm³/mol. The van der Waals surface area contributed by atoms with Crippen molar-refractivity contribution in [3.8, 4) is 0 Å². The van der Waals surface area contributed by atoms with E-state index in [0.717, 1.165) is 38.2 Å². The number of nitrogens with zero attached hydrogens (tertiary/aromatic N) is 1. The van der Waals surface area contributed by atoms with Crippen molar-refractivity contribution in [2.75, 3.05) is 13.6 Å². The van der Waals surface area contributed by atoms with Gasteiger partial charge in [0.05, 0.1) is 0 Å². The van der Waals surface area contributed by atoms with Crippen molar-refractivity contribution in [2.45, 2.75) is 78.3 Å². The molecule has 0 bridgehead atoms. The van der Waals surface area contributed by atoms with Gasteiger partial charge in [0, 0.05) is 32.1 Å². The molecule has 0 spiro atoms. The zero-order valence-corrected chi connectivity index (χ0v) is 15.0. The summed E-state index contributed by atoms with van der Waals surface area (Å²) in [4.78, 5) is 15.8. The Morgan fingerprint density at radius 3 is 2.55 bits per heavy atom. The van der Waals surface area contributed by atoms with Crippen LogP contribution < -0.4 is 16.0 Å². The highest BCUT2D eigenvalue weighted by atomic mass is 16.1. The highest BCUT2D eigenvalue weighted by molar-refractivity contribution is 5.80. The molecule has 0 aromatic carbocycles. The van der Waals surface area contributed by atoms with Crippen LogP contribution in [0.4, 0.5) is 0 Å². The zero-order valence-electron chi connectivity index (χ0n) is 15.0. The number of carbonyl (C=O) groups excluding carboxylic acids is 1. The average molecular weight is 310 g/mol. The molecule has 0 heterocycles. The molecule has 5 heteroatoms. The molecule has 0 radical (unpaired) electrons. The number of hydrogen-bond acceptors (Lipinski definition) is 2. The van der Waals surface area contributed by atoms with Crippen LogP contribution in [0.2, 0.25) is 0 Å². The van der Waals surface area contributed by atoms with Gasteiger partial charge < -0.3 is 16.0 Å². The number of guanidine groups is 1. The van der Waals surface area contributed by atoms with E-state index >= 15 is 0 Å². The largest absolute Gasteiger partial charge is 0.356 e. The summed E-state index contributed by atoms with van der Waals surface area (Å²) in [5, 5.41) is 9.70. The van der Waals surface area contributed by atoms with Crippen LogP contribution in [-0.4, -0.2) is 37.5 Å². The van der Waals surface area contributed by atoms with E-state index in [2.05, 4.69) is 48.6 Å². The molecule has 1 atom stereocenters. The Kier molecular flexibility index (Phi) is 7.69. The van der Waals surface area contributed by atoms with E-state index in [1.54, 1.807) is 7.05 Å². The number of hydrogen-bond donors (Lipinski definition) is 3. The minimum Gasteiger partial charge on any atom is -0.356 e. The summed E-state index contributed by atoms with van der Waals surface area (Å²) in [6.45, 7) is 9.74. The molecule has 1 rings (SSSR count). The lowest BCUT2D eigenvalue weighted by Gasteiger charge is -2.23. The van der Waals surface area contributed by atoms with Crippen molar-refractivity contribution in [1.82, 2.24) is 16.0 Å². The first kappa shape index (κ1) is 18.8. The van der Waals surface area contributed by atoms with Gasteiger partial charge in [-0.1, -0.05) is 20.8 Å². The van der Waals surface area contributed by atoms with Crippen LogP contribution in [0.5, 0.6) is 0 Å². The lowest BCUT2D eigenvalue weighted by molar-refractivity contribution is -0.121. The molecule has 0 aromatic rings. The molecule has 1 fully saturated rings. The molecule has 5 nitrogen and oxygen atoms in total. The van der Waals surface area contributed by atoms with Gasteiger partial charge in [0.1, 0.15) is 0 Å². The second kappa shape index (κ2) is 9.01. The third kappa shape index (κ3) is 9.64. The van der Waals surface area contributed by atoms with Gasteiger partial charge in [-0.15, -0.1) is 0 Å². The van der Waals surface area contributed by atoms with Crippen LogP contribution in [0, 0.1) is 5.41 Å². The summed E-state index contributed by atoms with van der Waals surface area (Å²) < 4.78 is 0. The van der Waals surface area contributed by atoms with Gasteiger partial charge in [0.15, 0.2) is 5.96 Å². The topological polar surface area (TPSA) is 65.5 Å². The van der Waals surface area contributed by atoms with Crippen molar-refractivity contribution >= 4 is 11.9 Å². The highest BCUT2D eigenvalue weighted by Gasteiger charge is 2.22. The molecular weight excluding hydrogens is 276 g/mol. The Bertz CT molecular complexity index is 369. The molecule has 1 aliphatic rings. The van der Waals surface area contributed by atoms with Crippen molar-refractivity contribution in [3.63, 3.8) is 0 Å². The summed E-state index contributed by atoms with van der Waals surface area (Å²) in [5.41, 5.74) is 0.363. The maximum Gasteiger partial charge on any atom is 0.220 e. The number of rotatable bonds is 8. The predicted octanol–water partition coefficient (Wildman–Crippen LogP) is 2.42. The maximum absolute atomic E-state index is 11.6. The SMILES string of the molecule is CN=C(NCCCC(=O)NC1CC1)NC(C)CCC(C)(C)C. The van der Waals surface area contributed by atoms with E-state index in [0.29, 0.717) is 23.9 Å². The third-order valence-corrected chi connectivity index (χ3v) is 3.75. The summed E-state index contributed by atoms with van der Waals surface area (Å²) >= 11 is 0. The molecular formula is C17H34N4O. The van der Waals surface area contributed by atoms with Crippen LogP contribution in [0.15, 0.2) is 4.99 Å². The first-order valence-electron chi connectivity index (χ1n) is 8.57. The molecule has 1 saturated carbocycles. The maximum atomic E-state index is 11.6.